The number of hydrogen-bond acceptors (Lipinski definition) is 7. The maximum atomic E-state index is 14.0. The molecule has 0 unspecified atom stereocenters. The Hall–Kier alpha value is -3.76. The fraction of sp³-hybridized carbons (Fsp3) is 0.357. The van der Waals surface area contributed by atoms with Gasteiger partial charge in [-0.3, -0.25) is 5.32 Å². The molecule has 0 saturated heterocycles. The monoisotopic (exact) mass is 533 g/mol. The van der Waals surface area contributed by atoms with Gasteiger partial charge in [0.05, 0.1) is 25.0 Å². The molecule has 0 spiro atoms. The van der Waals surface area contributed by atoms with Crippen LogP contribution in [0.2, 0.25) is 0 Å². The third-order valence-corrected chi connectivity index (χ3v) is 5.24. The van der Waals surface area contributed by atoms with Gasteiger partial charge in [-0.25, -0.2) is 18.4 Å². The highest BCUT2D eigenvalue weighted by Gasteiger charge is 2.27. The maximum absolute atomic E-state index is 14.0. The normalized spacial score (nSPS) is 13.2. The molecule has 0 aromatic heterocycles. The summed E-state index contributed by atoms with van der Waals surface area (Å²) in [5, 5.41) is 11.2. The number of allylic oxidation sites excluding steroid dienone is 3. The van der Waals surface area contributed by atoms with Crippen molar-refractivity contribution in [2.24, 2.45) is 0 Å². The van der Waals surface area contributed by atoms with E-state index >= 15 is 0 Å². The van der Waals surface area contributed by atoms with Crippen molar-refractivity contribution in [1.82, 2.24) is 0 Å². The van der Waals surface area contributed by atoms with Crippen LogP contribution >= 0.6 is 0 Å². The molecular formula is C28H33F2NO7. The summed E-state index contributed by atoms with van der Waals surface area (Å²) < 4.78 is 48.8. The Kier molecular flexibility index (Phi) is 13.0. The smallest absolute Gasteiger partial charge is 0.412 e. The topological polar surface area (TPSA) is 103 Å². The molecule has 0 aliphatic rings. The van der Waals surface area contributed by atoms with E-state index < -0.39 is 35.9 Å². The van der Waals surface area contributed by atoms with Crippen LogP contribution in [0.25, 0.3) is 0 Å². The van der Waals surface area contributed by atoms with E-state index in [9.17, 15) is 18.4 Å². The van der Waals surface area contributed by atoms with Gasteiger partial charge >= 0.3 is 12.1 Å². The van der Waals surface area contributed by atoms with Crippen molar-refractivity contribution in [3.05, 3.63) is 83.5 Å². The van der Waals surface area contributed by atoms with Gasteiger partial charge in [0.25, 0.3) is 0 Å². The largest absolute Gasteiger partial charge is 0.491 e. The molecule has 2 atom stereocenters. The van der Waals surface area contributed by atoms with Crippen molar-refractivity contribution in [3.63, 3.8) is 0 Å². The number of aliphatic hydroxyl groups is 1. The second kappa shape index (κ2) is 16.2. The fourth-order valence-electron chi connectivity index (χ4n) is 3.46. The number of hydrogen-bond donors (Lipinski definition) is 2. The molecule has 1 amide bonds. The Morgan fingerprint density at radius 1 is 1.13 bits per heavy atom. The number of amides is 1. The van der Waals surface area contributed by atoms with E-state index in [0.29, 0.717) is 42.4 Å². The van der Waals surface area contributed by atoms with Crippen LogP contribution in [0.5, 0.6) is 5.75 Å². The van der Waals surface area contributed by atoms with Gasteiger partial charge < -0.3 is 24.1 Å². The van der Waals surface area contributed by atoms with Gasteiger partial charge in [0.15, 0.2) is 6.10 Å². The average Bonchev–Trinajstić information content (AvgIpc) is 2.88. The van der Waals surface area contributed by atoms with E-state index in [-0.39, 0.29) is 18.9 Å². The zero-order chi connectivity index (χ0) is 27.9. The number of ether oxygens (including phenoxy) is 4. The molecule has 0 fully saturated rings. The summed E-state index contributed by atoms with van der Waals surface area (Å²) in [4.78, 5) is 24.2. The van der Waals surface area contributed by atoms with Crippen LogP contribution in [0, 0.1) is 11.6 Å². The molecule has 0 saturated carbocycles. The average molecular weight is 534 g/mol. The number of esters is 1. The number of benzene rings is 2. The minimum atomic E-state index is -0.952. The number of anilines is 1. The molecule has 38 heavy (non-hydrogen) atoms. The molecule has 206 valence electrons. The van der Waals surface area contributed by atoms with Gasteiger partial charge in [0, 0.05) is 19.3 Å². The first-order valence-electron chi connectivity index (χ1n) is 12.1. The Morgan fingerprint density at radius 3 is 2.50 bits per heavy atom. The van der Waals surface area contributed by atoms with E-state index in [2.05, 4.69) is 5.32 Å². The second-order valence-electron chi connectivity index (χ2n) is 8.11. The molecule has 2 N–H and O–H groups in total. The molecule has 0 heterocycles. The fourth-order valence-corrected chi connectivity index (χ4v) is 3.46. The third kappa shape index (κ3) is 10.3. The standard InChI is InChI=1S/C28H33F2NO7/c1-4-36-26(33)17-19(2)7-5-6-8-25(35-3)27(20-9-12-22(13-10-20)37-16-15-32)38-28(34)31-24-14-11-21(29)18-23(24)30/h5,7,9-14,17-18,25,27,32H,4,6,8,15-16H2,1-3H3,(H,31,34)/b7-5+,19-17+/t25-,27-/m1/s1. The Morgan fingerprint density at radius 2 is 1.87 bits per heavy atom. The summed E-state index contributed by atoms with van der Waals surface area (Å²) in [6, 6.07) is 9.47. The van der Waals surface area contributed by atoms with Crippen LogP contribution in [0.3, 0.4) is 0 Å². The van der Waals surface area contributed by atoms with Crippen molar-refractivity contribution < 1.29 is 42.4 Å². The van der Waals surface area contributed by atoms with Gasteiger partial charge in [-0.15, -0.1) is 0 Å². The number of rotatable bonds is 14. The van der Waals surface area contributed by atoms with Crippen LogP contribution in [-0.4, -0.2) is 50.2 Å². The van der Waals surface area contributed by atoms with Crippen molar-refractivity contribution in [1.29, 1.82) is 0 Å². The zero-order valence-electron chi connectivity index (χ0n) is 21.6. The highest BCUT2D eigenvalue weighted by atomic mass is 19.1. The highest BCUT2D eigenvalue weighted by Crippen LogP contribution is 2.29. The van der Waals surface area contributed by atoms with Gasteiger partial charge in [-0.1, -0.05) is 24.3 Å². The number of aliphatic hydroxyl groups excluding tert-OH is 1. The first-order chi connectivity index (χ1) is 18.3. The van der Waals surface area contributed by atoms with E-state index in [1.54, 1.807) is 44.2 Å². The van der Waals surface area contributed by atoms with Crippen LogP contribution in [-0.2, 0) is 19.0 Å². The molecule has 2 rings (SSSR count). The molecule has 10 heteroatoms. The molecule has 2 aromatic rings. The van der Waals surface area contributed by atoms with Crippen LogP contribution in [0.4, 0.5) is 19.3 Å². The van der Waals surface area contributed by atoms with Crippen LogP contribution in [0.1, 0.15) is 38.4 Å². The molecule has 2 aromatic carbocycles. The van der Waals surface area contributed by atoms with E-state index in [4.69, 9.17) is 24.1 Å². The van der Waals surface area contributed by atoms with E-state index in [1.807, 2.05) is 6.08 Å². The molecule has 0 bridgehead atoms. The van der Waals surface area contributed by atoms with Crippen LogP contribution in [0.15, 0.2) is 66.3 Å². The van der Waals surface area contributed by atoms with Crippen molar-refractivity contribution in [2.45, 2.75) is 38.9 Å². The second-order valence-corrected chi connectivity index (χ2v) is 8.11. The van der Waals surface area contributed by atoms with Gasteiger partial charge in [0.1, 0.15) is 24.0 Å². The molecule has 8 nitrogen and oxygen atoms in total. The Bertz CT molecular complexity index is 1100. The number of halogens is 2. The number of carbonyl (C=O) groups excluding carboxylic acids is 2. The predicted molar refractivity (Wildman–Crippen MR) is 138 cm³/mol. The van der Waals surface area contributed by atoms with Gasteiger partial charge in [0.2, 0.25) is 0 Å². The summed E-state index contributed by atoms with van der Waals surface area (Å²) in [7, 11) is 1.48. The lowest BCUT2D eigenvalue weighted by Crippen LogP contribution is -2.28. The van der Waals surface area contributed by atoms with E-state index in [0.717, 1.165) is 12.1 Å². The number of nitrogens with one attached hydrogen (secondary N) is 1. The van der Waals surface area contributed by atoms with Crippen molar-refractivity contribution in [2.75, 3.05) is 32.2 Å². The molecule has 0 radical (unpaired) electrons. The first kappa shape index (κ1) is 30.5. The minimum Gasteiger partial charge on any atom is -0.491 e. The van der Waals surface area contributed by atoms with Crippen molar-refractivity contribution in [3.8, 4) is 5.75 Å². The first-order valence-corrected chi connectivity index (χ1v) is 12.1. The zero-order valence-corrected chi connectivity index (χ0v) is 21.6. The summed E-state index contributed by atoms with van der Waals surface area (Å²) in [6.07, 6.45) is 3.54. The van der Waals surface area contributed by atoms with Crippen molar-refractivity contribution >= 4 is 17.7 Å². The molecule has 0 aliphatic carbocycles. The lowest BCUT2D eigenvalue weighted by atomic mass is 10.00. The minimum absolute atomic E-state index is 0.127. The Balaban J connectivity index is 2.17. The maximum Gasteiger partial charge on any atom is 0.412 e. The van der Waals surface area contributed by atoms with Crippen LogP contribution < -0.4 is 10.1 Å². The van der Waals surface area contributed by atoms with Gasteiger partial charge in [-0.2, -0.15) is 0 Å². The lowest BCUT2D eigenvalue weighted by Gasteiger charge is -2.26. The number of carbonyl (C=O) groups is 2. The molecule has 0 aliphatic heterocycles. The molecular weight excluding hydrogens is 500 g/mol. The summed E-state index contributed by atoms with van der Waals surface area (Å²) in [6.45, 7) is 3.78. The van der Waals surface area contributed by atoms with E-state index in [1.165, 1.54) is 13.2 Å². The predicted octanol–water partition coefficient (Wildman–Crippen LogP) is 5.49. The SMILES string of the molecule is CCOC(=O)/C=C(C)/C=C/CC[C@@H](OC)[C@H](OC(=O)Nc1ccc(F)cc1F)c1ccc(OCCO)cc1. The third-order valence-electron chi connectivity index (χ3n) is 5.24. The summed E-state index contributed by atoms with van der Waals surface area (Å²) in [5.74, 6) is -1.63. The number of methoxy groups -OCH3 is 1. The summed E-state index contributed by atoms with van der Waals surface area (Å²) in [5.41, 5.74) is 1.07. The Labute approximate surface area is 220 Å². The quantitative estimate of drug-likeness (QED) is 0.188. The lowest BCUT2D eigenvalue weighted by molar-refractivity contribution is -0.137. The summed E-state index contributed by atoms with van der Waals surface area (Å²) >= 11 is 0. The van der Waals surface area contributed by atoms with Gasteiger partial charge in [-0.05, 0) is 62.1 Å². The highest BCUT2D eigenvalue weighted by molar-refractivity contribution is 5.85.